The van der Waals surface area contributed by atoms with Gasteiger partial charge in [-0.15, -0.1) is 0 Å². The SMILES string of the molecule is CCCNCc1cccnc1N(CCC)CC(=O)N(C)C. The van der Waals surface area contributed by atoms with Crippen LogP contribution in [0.1, 0.15) is 32.3 Å². The van der Waals surface area contributed by atoms with Crippen LogP contribution in [0.25, 0.3) is 0 Å². The van der Waals surface area contributed by atoms with E-state index >= 15 is 0 Å². The zero-order valence-electron chi connectivity index (χ0n) is 13.7. The first kappa shape index (κ1) is 17.4. The first-order valence-corrected chi connectivity index (χ1v) is 7.69. The molecule has 0 aromatic carbocycles. The van der Waals surface area contributed by atoms with Gasteiger partial charge in [0.05, 0.1) is 6.54 Å². The largest absolute Gasteiger partial charge is 0.347 e. The summed E-state index contributed by atoms with van der Waals surface area (Å²) in [6.07, 6.45) is 3.88. The molecule has 1 amide bonds. The Balaban J connectivity index is 2.88. The highest BCUT2D eigenvalue weighted by molar-refractivity contribution is 5.80. The fourth-order valence-electron chi connectivity index (χ4n) is 2.09. The fourth-order valence-corrected chi connectivity index (χ4v) is 2.09. The molecule has 1 rings (SSSR count). The summed E-state index contributed by atoms with van der Waals surface area (Å²) in [5.74, 6) is 1.01. The predicted molar refractivity (Wildman–Crippen MR) is 87.4 cm³/mol. The van der Waals surface area contributed by atoms with Gasteiger partial charge >= 0.3 is 0 Å². The van der Waals surface area contributed by atoms with Crippen molar-refractivity contribution in [3.05, 3.63) is 23.9 Å². The molecule has 0 aliphatic rings. The molecule has 0 spiro atoms. The molecule has 1 heterocycles. The van der Waals surface area contributed by atoms with Gasteiger partial charge < -0.3 is 15.1 Å². The zero-order valence-corrected chi connectivity index (χ0v) is 13.7. The number of carbonyl (C=O) groups excluding carboxylic acids is 1. The molecule has 0 atom stereocenters. The van der Waals surface area contributed by atoms with Crippen LogP contribution in [-0.4, -0.2) is 49.5 Å². The number of aromatic nitrogens is 1. The molecule has 0 saturated carbocycles. The number of hydrogen-bond acceptors (Lipinski definition) is 4. The van der Waals surface area contributed by atoms with Crippen molar-refractivity contribution in [3.63, 3.8) is 0 Å². The number of nitrogens with zero attached hydrogens (tertiary/aromatic N) is 3. The van der Waals surface area contributed by atoms with Gasteiger partial charge in [-0.25, -0.2) is 4.98 Å². The van der Waals surface area contributed by atoms with E-state index in [9.17, 15) is 4.79 Å². The average Bonchev–Trinajstić information content (AvgIpc) is 2.47. The van der Waals surface area contributed by atoms with Crippen LogP contribution in [0.15, 0.2) is 18.3 Å². The quantitative estimate of drug-likeness (QED) is 0.706. The second kappa shape index (κ2) is 9.34. The van der Waals surface area contributed by atoms with Gasteiger partial charge in [0.1, 0.15) is 5.82 Å². The van der Waals surface area contributed by atoms with E-state index in [4.69, 9.17) is 0 Å². The van der Waals surface area contributed by atoms with Gasteiger partial charge in [0.25, 0.3) is 0 Å². The topological polar surface area (TPSA) is 48.5 Å². The molecule has 21 heavy (non-hydrogen) atoms. The van der Waals surface area contributed by atoms with Gasteiger partial charge in [0.15, 0.2) is 0 Å². The number of hydrogen-bond donors (Lipinski definition) is 1. The van der Waals surface area contributed by atoms with Crippen LogP contribution in [0.2, 0.25) is 0 Å². The molecule has 5 nitrogen and oxygen atoms in total. The van der Waals surface area contributed by atoms with E-state index in [0.717, 1.165) is 43.9 Å². The highest BCUT2D eigenvalue weighted by atomic mass is 16.2. The van der Waals surface area contributed by atoms with E-state index in [2.05, 4.69) is 35.1 Å². The van der Waals surface area contributed by atoms with Crippen LogP contribution >= 0.6 is 0 Å². The molecule has 1 aromatic heterocycles. The molecular formula is C16H28N4O. The minimum Gasteiger partial charge on any atom is -0.347 e. The van der Waals surface area contributed by atoms with Gasteiger partial charge in [-0.2, -0.15) is 0 Å². The first-order valence-electron chi connectivity index (χ1n) is 7.69. The van der Waals surface area contributed by atoms with Crippen molar-refractivity contribution in [2.24, 2.45) is 0 Å². The standard InChI is InChI=1S/C16H28N4O/c1-5-9-17-12-14-8-7-10-18-16(14)20(11-6-2)13-15(21)19(3)4/h7-8,10,17H,5-6,9,11-13H2,1-4H3. The Bertz CT molecular complexity index is 434. The van der Waals surface area contributed by atoms with Crippen molar-refractivity contribution in [1.29, 1.82) is 0 Å². The minimum atomic E-state index is 0.0987. The van der Waals surface area contributed by atoms with Crippen LogP contribution in [0.5, 0.6) is 0 Å². The molecule has 1 aromatic rings. The van der Waals surface area contributed by atoms with Crippen molar-refractivity contribution >= 4 is 11.7 Å². The Kier molecular flexibility index (Phi) is 7.75. The lowest BCUT2D eigenvalue weighted by molar-refractivity contribution is -0.127. The third-order valence-corrected chi connectivity index (χ3v) is 3.23. The van der Waals surface area contributed by atoms with Crippen molar-refractivity contribution < 1.29 is 4.79 Å². The molecule has 0 aliphatic heterocycles. The zero-order chi connectivity index (χ0) is 15.7. The van der Waals surface area contributed by atoms with E-state index in [1.54, 1.807) is 25.2 Å². The number of nitrogens with one attached hydrogen (secondary N) is 1. The molecule has 5 heteroatoms. The van der Waals surface area contributed by atoms with Crippen molar-refractivity contribution in [1.82, 2.24) is 15.2 Å². The Morgan fingerprint density at radius 1 is 1.29 bits per heavy atom. The maximum Gasteiger partial charge on any atom is 0.241 e. The predicted octanol–water partition coefficient (Wildman–Crippen LogP) is 1.89. The van der Waals surface area contributed by atoms with Crippen molar-refractivity contribution in [2.45, 2.75) is 33.2 Å². The van der Waals surface area contributed by atoms with Gasteiger partial charge in [0, 0.05) is 38.9 Å². The Morgan fingerprint density at radius 3 is 2.67 bits per heavy atom. The summed E-state index contributed by atoms with van der Waals surface area (Å²) < 4.78 is 0. The molecule has 0 saturated heterocycles. The Labute approximate surface area is 128 Å². The third-order valence-electron chi connectivity index (χ3n) is 3.23. The van der Waals surface area contributed by atoms with Crippen LogP contribution < -0.4 is 10.2 Å². The van der Waals surface area contributed by atoms with Gasteiger partial charge in [-0.1, -0.05) is 19.9 Å². The van der Waals surface area contributed by atoms with Crippen LogP contribution in [-0.2, 0) is 11.3 Å². The molecule has 0 unspecified atom stereocenters. The Morgan fingerprint density at radius 2 is 2.05 bits per heavy atom. The number of rotatable bonds is 9. The summed E-state index contributed by atoms with van der Waals surface area (Å²) in [6.45, 7) is 7.24. The molecule has 1 N–H and O–H groups in total. The van der Waals surface area contributed by atoms with Crippen LogP contribution in [0, 0.1) is 0 Å². The van der Waals surface area contributed by atoms with Crippen LogP contribution in [0.3, 0.4) is 0 Å². The number of anilines is 1. The molecule has 0 bridgehead atoms. The number of carbonyl (C=O) groups is 1. The lowest BCUT2D eigenvalue weighted by atomic mass is 10.2. The van der Waals surface area contributed by atoms with E-state index < -0.39 is 0 Å². The van der Waals surface area contributed by atoms with E-state index in [1.807, 2.05) is 6.07 Å². The third kappa shape index (κ3) is 5.71. The lowest BCUT2D eigenvalue weighted by Crippen LogP contribution is -2.38. The minimum absolute atomic E-state index is 0.0987. The second-order valence-electron chi connectivity index (χ2n) is 5.37. The first-order chi connectivity index (χ1) is 10.1. The monoisotopic (exact) mass is 292 g/mol. The highest BCUT2D eigenvalue weighted by Crippen LogP contribution is 2.17. The normalized spacial score (nSPS) is 10.5. The van der Waals surface area contributed by atoms with Crippen molar-refractivity contribution in [2.75, 3.05) is 38.6 Å². The summed E-state index contributed by atoms with van der Waals surface area (Å²) in [5, 5.41) is 3.40. The van der Waals surface area contributed by atoms with E-state index in [1.165, 1.54) is 0 Å². The summed E-state index contributed by atoms with van der Waals surface area (Å²) in [6, 6.07) is 4.03. The van der Waals surface area contributed by atoms with Gasteiger partial charge in [-0.05, 0) is 25.5 Å². The fraction of sp³-hybridized carbons (Fsp3) is 0.625. The van der Waals surface area contributed by atoms with E-state index in [-0.39, 0.29) is 5.91 Å². The Hall–Kier alpha value is -1.62. The number of amides is 1. The number of pyridine rings is 1. The summed E-state index contributed by atoms with van der Waals surface area (Å²) in [5.41, 5.74) is 1.14. The molecule has 0 radical (unpaired) electrons. The van der Waals surface area contributed by atoms with Crippen molar-refractivity contribution in [3.8, 4) is 0 Å². The number of likely N-dealkylation sites (N-methyl/N-ethyl adjacent to an activating group) is 1. The molecule has 0 fully saturated rings. The van der Waals surface area contributed by atoms with Gasteiger partial charge in [0.2, 0.25) is 5.91 Å². The van der Waals surface area contributed by atoms with Crippen LogP contribution in [0.4, 0.5) is 5.82 Å². The van der Waals surface area contributed by atoms with E-state index in [0.29, 0.717) is 6.54 Å². The molecule has 0 aliphatic carbocycles. The molecular weight excluding hydrogens is 264 g/mol. The summed E-state index contributed by atoms with van der Waals surface area (Å²) in [7, 11) is 3.57. The van der Waals surface area contributed by atoms with Gasteiger partial charge in [-0.3, -0.25) is 4.79 Å². The lowest BCUT2D eigenvalue weighted by Gasteiger charge is -2.26. The maximum atomic E-state index is 12.0. The maximum absolute atomic E-state index is 12.0. The molecule has 118 valence electrons. The summed E-state index contributed by atoms with van der Waals surface area (Å²) in [4.78, 5) is 20.2. The average molecular weight is 292 g/mol. The summed E-state index contributed by atoms with van der Waals surface area (Å²) >= 11 is 0. The highest BCUT2D eigenvalue weighted by Gasteiger charge is 2.16. The second-order valence-corrected chi connectivity index (χ2v) is 5.37. The smallest absolute Gasteiger partial charge is 0.241 e.